The average molecular weight is 329 g/mol. The van der Waals surface area contributed by atoms with Crippen LogP contribution >= 0.6 is 11.6 Å². The Morgan fingerprint density at radius 3 is 2.91 bits per heavy atom. The van der Waals surface area contributed by atoms with Gasteiger partial charge in [-0.1, -0.05) is 0 Å². The van der Waals surface area contributed by atoms with Crippen LogP contribution in [0.15, 0.2) is 16.5 Å². The molecule has 5 nitrogen and oxygen atoms in total. The summed E-state index contributed by atoms with van der Waals surface area (Å²) in [4.78, 5) is 14.0. The quantitative estimate of drug-likeness (QED) is 0.835. The molecule has 1 saturated heterocycles. The van der Waals surface area contributed by atoms with Crippen molar-refractivity contribution in [2.45, 2.75) is 58.2 Å². The van der Waals surface area contributed by atoms with Gasteiger partial charge in [-0.05, 0) is 70.3 Å². The summed E-state index contributed by atoms with van der Waals surface area (Å²) in [6.07, 6.45) is 2.78. The molecule has 0 aliphatic carbocycles. The summed E-state index contributed by atoms with van der Waals surface area (Å²) in [6, 6.07) is 3.85. The molecule has 0 spiro atoms. The Bertz CT molecular complexity index is 496. The van der Waals surface area contributed by atoms with Gasteiger partial charge in [-0.25, -0.2) is 4.79 Å². The van der Waals surface area contributed by atoms with Crippen molar-refractivity contribution in [3.8, 4) is 0 Å². The van der Waals surface area contributed by atoms with Gasteiger partial charge >= 0.3 is 6.09 Å². The van der Waals surface area contributed by atoms with Crippen molar-refractivity contribution in [3.63, 3.8) is 0 Å². The SMILES string of the molecule is CC(C)(C)OC(=O)N1CCCC1CCNCc1ccc(Cl)o1. The third kappa shape index (κ3) is 5.21. The predicted molar refractivity (Wildman–Crippen MR) is 86.0 cm³/mol. The van der Waals surface area contributed by atoms with Crippen LogP contribution in [0.5, 0.6) is 0 Å². The number of nitrogens with zero attached hydrogens (tertiary/aromatic N) is 1. The van der Waals surface area contributed by atoms with Gasteiger partial charge in [0.1, 0.15) is 11.4 Å². The standard InChI is InChI=1S/C16H25ClN2O3/c1-16(2,3)22-15(20)19-10-4-5-12(19)8-9-18-11-13-6-7-14(17)21-13/h6-7,12,18H,4-5,8-11H2,1-3H3. The molecule has 0 bridgehead atoms. The lowest BCUT2D eigenvalue weighted by Crippen LogP contribution is -2.40. The van der Waals surface area contributed by atoms with Gasteiger partial charge in [0.2, 0.25) is 0 Å². The maximum absolute atomic E-state index is 12.2. The molecule has 1 N–H and O–H groups in total. The molecular formula is C16H25ClN2O3. The Hall–Kier alpha value is -1.20. The Labute approximate surface area is 136 Å². The van der Waals surface area contributed by atoms with Gasteiger partial charge in [0.05, 0.1) is 6.54 Å². The number of nitrogens with one attached hydrogen (secondary N) is 1. The predicted octanol–water partition coefficient (Wildman–Crippen LogP) is 3.81. The average Bonchev–Trinajstić information content (AvgIpc) is 3.01. The fourth-order valence-corrected chi connectivity index (χ4v) is 2.79. The zero-order valence-electron chi connectivity index (χ0n) is 13.5. The first-order valence-electron chi connectivity index (χ1n) is 7.80. The fourth-order valence-electron chi connectivity index (χ4n) is 2.62. The zero-order chi connectivity index (χ0) is 16.2. The Balaban J connectivity index is 1.73. The highest BCUT2D eigenvalue weighted by Crippen LogP contribution is 2.22. The summed E-state index contributed by atoms with van der Waals surface area (Å²) in [6.45, 7) is 7.94. The van der Waals surface area contributed by atoms with Crippen molar-refractivity contribution in [3.05, 3.63) is 23.1 Å². The van der Waals surface area contributed by atoms with Crippen LogP contribution in [0.1, 0.15) is 45.8 Å². The van der Waals surface area contributed by atoms with Crippen molar-refractivity contribution in [2.75, 3.05) is 13.1 Å². The highest BCUT2D eigenvalue weighted by molar-refractivity contribution is 6.28. The number of ether oxygens (including phenoxy) is 1. The highest BCUT2D eigenvalue weighted by atomic mass is 35.5. The van der Waals surface area contributed by atoms with E-state index in [9.17, 15) is 4.79 Å². The number of likely N-dealkylation sites (tertiary alicyclic amines) is 1. The molecule has 0 radical (unpaired) electrons. The molecule has 1 atom stereocenters. The van der Waals surface area contributed by atoms with Crippen LogP contribution in [0, 0.1) is 0 Å². The van der Waals surface area contributed by atoms with Gasteiger partial charge in [0, 0.05) is 12.6 Å². The number of halogens is 1. The molecule has 1 amide bonds. The van der Waals surface area contributed by atoms with Gasteiger partial charge in [0.25, 0.3) is 0 Å². The zero-order valence-corrected chi connectivity index (χ0v) is 14.3. The lowest BCUT2D eigenvalue weighted by molar-refractivity contribution is 0.0220. The van der Waals surface area contributed by atoms with Crippen molar-refractivity contribution in [1.82, 2.24) is 10.2 Å². The number of carbonyl (C=O) groups is 1. The van der Waals surface area contributed by atoms with Crippen LogP contribution in [0.2, 0.25) is 5.22 Å². The van der Waals surface area contributed by atoms with Crippen LogP contribution in [0.4, 0.5) is 4.79 Å². The summed E-state index contributed by atoms with van der Waals surface area (Å²) in [5.41, 5.74) is -0.443. The van der Waals surface area contributed by atoms with Gasteiger partial charge in [-0.15, -0.1) is 0 Å². The number of hydrogen-bond donors (Lipinski definition) is 1. The van der Waals surface area contributed by atoms with Crippen molar-refractivity contribution < 1.29 is 13.9 Å². The van der Waals surface area contributed by atoms with Crippen LogP contribution in [0.3, 0.4) is 0 Å². The highest BCUT2D eigenvalue weighted by Gasteiger charge is 2.31. The van der Waals surface area contributed by atoms with Gasteiger partial charge in [-0.2, -0.15) is 0 Å². The van der Waals surface area contributed by atoms with E-state index in [1.165, 1.54) is 0 Å². The van der Waals surface area contributed by atoms with Crippen LogP contribution in [0.25, 0.3) is 0 Å². The summed E-state index contributed by atoms with van der Waals surface area (Å²) in [5.74, 6) is 0.820. The summed E-state index contributed by atoms with van der Waals surface area (Å²) in [5, 5.41) is 3.72. The molecule has 1 aliphatic rings. The summed E-state index contributed by atoms with van der Waals surface area (Å²) >= 11 is 5.73. The molecular weight excluding hydrogens is 304 g/mol. The Morgan fingerprint density at radius 1 is 1.50 bits per heavy atom. The maximum Gasteiger partial charge on any atom is 0.410 e. The molecule has 1 aromatic heterocycles. The van der Waals surface area contributed by atoms with E-state index < -0.39 is 5.60 Å². The van der Waals surface area contributed by atoms with E-state index in [1.54, 1.807) is 6.07 Å². The van der Waals surface area contributed by atoms with Crippen molar-refractivity contribution >= 4 is 17.7 Å². The number of carbonyl (C=O) groups excluding carboxylic acids is 1. The van der Waals surface area contributed by atoms with E-state index in [1.807, 2.05) is 31.7 Å². The summed E-state index contributed by atoms with van der Waals surface area (Å²) < 4.78 is 10.8. The minimum absolute atomic E-state index is 0.201. The number of furan rings is 1. The second-order valence-electron chi connectivity index (χ2n) is 6.64. The van der Waals surface area contributed by atoms with Crippen LogP contribution < -0.4 is 5.32 Å². The van der Waals surface area contributed by atoms with E-state index in [4.69, 9.17) is 20.8 Å². The van der Waals surface area contributed by atoms with Crippen molar-refractivity contribution in [2.24, 2.45) is 0 Å². The smallest absolute Gasteiger partial charge is 0.410 e. The molecule has 1 unspecified atom stereocenters. The monoisotopic (exact) mass is 328 g/mol. The molecule has 22 heavy (non-hydrogen) atoms. The second-order valence-corrected chi connectivity index (χ2v) is 7.01. The van der Waals surface area contributed by atoms with Gasteiger partial charge in [0.15, 0.2) is 5.22 Å². The van der Waals surface area contributed by atoms with Gasteiger partial charge in [-0.3, -0.25) is 0 Å². The first-order chi connectivity index (χ1) is 10.3. The van der Waals surface area contributed by atoms with E-state index >= 15 is 0 Å². The minimum atomic E-state index is -0.443. The largest absolute Gasteiger partial charge is 0.448 e. The number of rotatable bonds is 5. The number of amides is 1. The molecule has 1 aliphatic heterocycles. The maximum atomic E-state index is 12.2. The first-order valence-corrected chi connectivity index (χ1v) is 8.17. The molecule has 124 valence electrons. The lowest BCUT2D eigenvalue weighted by Gasteiger charge is -2.28. The molecule has 1 aromatic rings. The molecule has 0 saturated carbocycles. The van der Waals surface area contributed by atoms with E-state index in [0.717, 1.165) is 38.1 Å². The summed E-state index contributed by atoms with van der Waals surface area (Å²) in [7, 11) is 0. The molecule has 2 heterocycles. The number of hydrogen-bond acceptors (Lipinski definition) is 4. The minimum Gasteiger partial charge on any atom is -0.448 e. The van der Waals surface area contributed by atoms with E-state index in [2.05, 4.69) is 5.32 Å². The van der Waals surface area contributed by atoms with E-state index in [0.29, 0.717) is 11.8 Å². The molecule has 2 rings (SSSR count). The third-order valence-corrected chi connectivity index (χ3v) is 3.79. The molecule has 0 aromatic carbocycles. The first kappa shape index (κ1) is 17.2. The third-order valence-electron chi connectivity index (χ3n) is 3.59. The fraction of sp³-hybridized carbons (Fsp3) is 0.688. The molecule has 1 fully saturated rings. The lowest BCUT2D eigenvalue weighted by atomic mass is 10.1. The van der Waals surface area contributed by atoms with Gasteiger partial charge < -0.3 is 19.4 Å². The molecule has 6 heteroatoms. The Kier molecular flexibility index (Phi) is 5.75. The van der Waals surface area contributed by atoms with Crippen molar-refractivity contribution in [1.29, 1.82) is 0 Å². The topological polar surface area (TPSA) is 54.7 Å². The second kappa shape index (κ2) is 7.38. The Morgan fingerprint density at radius 2 is 2.27 bits per heavy atom. The van der Waals surface area contributed by atoms with Crippen LogP contribution in [-0.2, 0) is 11.3 Å². The van der Waals surface area contributed by atoms with E-state index in [-0.39, 0.29) is 12.1 Å². The van der Waals surface area contributed by atoms with Crippen LogP contribution in [-0.4, -0.2) is 35.7 Å². The normalized spacial score (nSPS) is 18.7.